The summed E-state index contributed by atoms with van der Waals surface area (Å²) < 4.78 is 16.1. The Balaban J connectivity index is -0.000000712. The van der Waals surface area contributed by atoms with E-state index in [9.17, 15) is 29.4 Å². The van der Waals surface area contributed by atoms with Gasteiger partial charge in [0.15, 0.2) is 0 Å². The van der Waals surface area contributed by atoms with Crippen LogP contribution in [-0.2, 0) is 33.4 Å². The molecule has 6 fully saturated rings. The van der Waals surface area contributed by atoms with Crippen molar-refractivity contribution in [1.82, 2.24) is 0 Å². The van der Waals surface area contributed by atoms with Gasteiger partial charge in [0.1, 0.15) is 28.5 Å². The molecule has 0 aromatic carbocycles. The maximum Gasteiger partial charge on any atom is 0.321 e. The maximum absolute atomic E-state index is 11.4. The predicted molar refractivity (Wildman–Crippen MR) is 276 cm³/mol. The van der Waals surface area contributed by atoms with E-state index >= 15 is 0 Å². The van der Waals surface area contributed by atoms with E-state index in [2.05, 4.69) is 34.6 Å². The molecule has 0 radical (unpaired) electrons. The van der Waals surface area contributed by atoms with Crippen molar-refractivity contribution >= 4 is 81.7 Å². The second-order valence-electron chi connectivity index (χ2n) is 18.5. The molecule has 0 bridgehead atoms. The lowest BCUT2D eigenvalue weighted by atomic mass is 9.99. The molecule has 6 saturated carbocycles. The molecular formula is C51H95Cl5O10. The van der Waals surface area contributed by atoms with E-state index in [1.54, 1.807) is 6.92 Å². The first-order chi connectivity index (χ1) is 30.7. The Kier molecular flexibility index (Phi) is 42.3. The van der Waals surface area contributed by atoms with Gasteiger partial charge in [-0.05, 0) is 155 Å². The van der Waals surface area contributed by atoms with Gasteiger partial charge in [-0.3, -0.25) is 19.2 Å². The van der Waals surface area contributed by atoms with Crippen LogP contribution in [0.1, 0.15) is 249 Å². The quantitative estimate of drug-likeness (QED) is 0.103. The molecule has 394 valence electrons. The third-order valence-corrected chi connectivity index (χ3v) is 13.8. The van der Waals surface area contributed by atoms with Gasteiger partial charge in [0.05, 0.1) is 34.4 Å². The van der Waals surface area contributed by atoms with Gasteiger partial charge in [-0.25, -0.2) is 0 Å². The average Bonchev–Trinajstić information content (AvgIpc) is 4.14. The van der Waals surface area contributed by atoms with Crippen LogP contribution in [0.15, 0.2) is 0 Å². The van der Waals surface area contributed by atoms with Gasteiger partial charge in [0, 0.05) is 19.8 Å². The molecule has 0 saturated heterocycles. The number of alkyl halides is 5. The van der Waals surface area contributed by atoms with Crippen molar-refractivity contribution in [3.63, 3.8) is 0 Å². The normalized spacial score (nSPS) is 21.0. The molecule has 6 aliphatic rings. The molecule has 0 amide bonds. The SMILES string of the molecule is C.CCC1(O)CCCC1.CCC1(O)CCCC1.CCC1(OC(=O)CC(C)O)CCCC1.CCC1(OC(=O)CCl)CCCC1.CCC1(OC(C)=O)CCCC1.ClCCl.ClCCl.O=C1CCCC1. The number of rotatable bonds is 11. The number of carbonyl (C=O) groups is 4. The number of halogens is 5. The van der Waals surface area contributed by atoms with Crippen molar-refractivity contribution in [3.8, 4) is 0 Å². The van der Waals surface area contributed by atoms with Gasteiger partial charge in [-0.15, -0.1) is 58.0 Å². The van der Waals surface area contributed by atoms with Crippen LogP contribution in [-0.4, -0.2) is 89.7 Å². The number of carbonyl (C=O) groups excluding carboxylic acids is 4. The number of hydrogen-bond donors (Lipinski definition) is 3. The van der Waals surface area contributed by atoms with Crippen LogP contribution < -0.4 is 0 Å². The molecule has 0 aliphatic heterocycles. The third-order valence-electron chi connectivity index (χ3n) is 13.6. The van der Waals surface area contributed by atoms with Crippen LogP contribution in [0.2, 0.25) is 0 Å². The number of ketones is 1. The van der Waals surface area contributed by atoms with Crippen molar-refractivity contribution in [2.75, 3.05) is 16.6 Å². The first kappa shape index (κ1) is 69.7. The lowest BCUT2D eigenvalue weighted by Gasteiger charge is -2.27. The predicted octanol–water partition coefficient (Wildman–Crippen LogP) is 14.8. The Labute approximate surface area is 427 Å². The minimum atomic E-state index is -0.599. The van der Waals surface area contributed by atoms with Crippen LogP contribution in [0.4, 0.5) is 0 Å². The Morgan fingerprint density at radius 1 is 0.515 bits per heavy atom. The molecule has 3 N–H and O–H groups in total. The van der Waals surface area contributed by atoms with E-state index in [0.717, 1.165) is 135 Å². The van der Waals surface area contributed by atoms with Crippen molar-refractivity contribution in [1.29, 1.82) is 0 Å². The first-order valence-electron chi connectivity index (χ1n) is 24.8. The summed E-state index contributed by atoms with van der Waals surface area (Å²) in [6.45, 7) is 13.4. The van der Waals surface area contributed by atoms with Crippen LogP contribution in [0.3, 0.4) is 0 Å². The fraction of sp³-hybridized carbons (Fsp3) is 0.922. The lowest BCUT2D eigenvalue weighted by molar-refractivity contribution is -0.162. The highest BCUT2D eigenvalue weighted by Crippen LogP contribution is 2.38. The van der Waals surface area contributed by atoms with E-state index in [0.29, 0.717) is 5.78 Å². The Hall–Kier alpha value is -0.590. The van der Waals surface area contributed by atoms with Crippen molar-refractivity contribution in [2.24, 2.45) is 0 Å². The molecular weight excluding hydrogens is 950 g/mol. The van der Waals surface area contributed by atoms with E-state index in [4.69, 9.17) is 77.3 Å². The molecule has 6 rings (SSSR count). The van der Waals surface area contributed by atoms with Crippen LogP contribution in [0, 0.1) is 0 Å². The van der Waals surface area contributed by atoms with Crippen LogP contribution in [0.25, 0.3) is 0 Å². The standard InChI is InChI=1S/C11H20O3.C9H15ClO2.C9H16O2.2C7H14O.C5H8O.2CH2Cl2.CH4/c1-3-11(6-4-5-7-11)14-10(13)8-9(2)12;1-2-9(5-3-4-6-9)12-8(11)7-10;1-3-9(11-8(2)10)6-4-5-7-9;2*1-2-7(8)5-3-4-6-7;6-5-3-1-2-4-5;2*2-1-3;/h9,12H,3-8H2,1-2H3;2-7H2,1H3;3-7H2,1-2H3;2*8H,2-6H2,1H3;1-4H2;2*1H2;1H4. The number of aliphatic hydroxyl groups is 3. The van der Waals surface area contributed by atoms with Crippen molar-refractivity contribution < 1.29 is 48.7 Å². The number of aliphatic hydroxyl groups excluding tert-OH is 1. The minimum absolute atomic E-state index is 0. The van der Waals surface area contributed by atoms with E-state index in [1.165, 1.54) is 58.3 Å². The third kappa shape index (κ3) is 32.3. The fourth-order valence-electron chi connectivity index (χ4n) is 9.28. The number of ether oxygens (including phenoxy) is 3. The highest BCUT2D eigenvalue weighted by atomic mass is 35.5. The fourth-order valence-corrected chi connectivity index (χ4v) is 9.34. The number of Topliss-reactive ketones (excluding diaryl/α,β-unsaturated/α-hetero) is 1. The minimum Gasteiger partial charge on any atom is -0.459 e. The molecule has 66 heavy (non-hydrogen) atoms. The average molecular weight is 1050 g/mol. The Morgan fingerprint density at radius 3 is 0.985 bits per heavy atom. The smallest absolute Gasteiger partial charge is 0.321 e. The van der Waals surface area contributed by atoms with Gasteiger partial charge in [-0.1, -0.05) is 67.7 Å². The van der Waals surface area contributed by atoms with Crippen molar-refractivity contribution in [3.05, 3.63) is 0 Å². The topological polar surface area (TPSA) is 157 Å². The summed E-state index contributed by atoms with van der Waals surface area (Å²) in [5.74, 6) is -0.241. The molecule has 0 aromatic heterocycles. The molecule has 0 spiro atoms. The van der Waals surface area contributed by atoms with Gasteiger partial charge < -0.3 is 29.5 Å². The van der Waals surface area contributed by atoms with E-state index in [-0.39, 0.29) is 76.3 Å². The van der Waals surface area contributed by atoms with Gasteiger partial charge in [-0.2, -0.15) is 0 Å². The monoisotopic (exact) mass is 1040 g/mol. The number of hydrogen-bond acceptors (Lipinski definition) is 10. The van der Waals surface area contributed by atoms with Crippen LogP contribution >= 0.6 is 58.0 Å². The summed E-state index contributed by atoms with van der Waals surface area (Å²) >= 11 is 24.4. The summed E-state index contributed by atoms with van der Waals surface area (Å²) in [6.07, 6.45) is 30.3. The molecule has 6 aliphatic carbocycles. The lowest BCUT2D eigenvalue weighted by Crippen LogP contribution is -2.32. The molecule has 1 atom stereocenters. The Morgan fingerprint density at radius 2 is 0.788 bits per heavy atom. The molecule has 10 nitrogen and oxygen atoms in total. The molecule has 1 unspecified atom stereocenters. The van der Waals surface area contributed by atoms with Gasteiger partial charge in [0.2, 0.25) is 0 Å². The second-order valence-corrected chi connectivity index (χ2v) is 20.4. The maximum atomic E-state index is 11.4. The van der Waals surface area contributed by atoms with E-state index < -0.39 is 6.10 Å². The zero-order valence-corrected chi connectivity index (χ0v) is 45.3. The summed E-state index contributed by atoms with van der Waals surface area (Å²) in [4.78, 5) is 43.4. The molecule has 0 aromatic rings. The Bertz CT molecular complexity index is 1190. The largest absolute Gasteiger partial charge is 0.459 e. The summed E-state index contributed by atoms with van der Waals surface area (Å²) in [5.41, 5.74) is -1.01. The van der Waals surface area contributed by atoms with Gasteiger partial charge in [0.25, 0.3) is 0 Å². The highest BCUT2D eigenvalue weighted by Gasteiger charge is 2.37. The summed E-state index contributed by atoms with van der Waals surface area (Å²) in [5, 5.41) is 28.4. The zero-order chi connectivity index (χ0) is 49.8. The van der Waals surface area contributed by atoms with Crippen molar-refractivity contribution in [2.45, 2.75) is 283 Å². The summed E-state index contributed by atoms with van der Waals surface area (Å²) in [7, 11) is 0. The zero-order valence-electron chi connectivity index (χ0n) is 41.5. The first-order valence-corrected chi connectivity index (χ1v) is 27.5. The van der Waals surface area contributed by atoms with Crippen LogP contribution in [0.5, 0.6) is 0 Å². The highest BCUT2D eigenvalue weighted by molar-refractivity contribution is 6.41. The second kappa shape index (κ2) is 40.1. The van der Waals surface area contributed by atoms with Gasteiger partial charge >= 0.3 is 17.9 Å². The molecule has 0 heterocycles. The number of esters is 3. The van der Waals surface area contributed by atoms with E-state index in [1.807, 2.05) is 0 Å². The summed E-state index contributed by atoms with van der Waals surface area (Å²) in [6, 6.07) is 0. The molecule has 15 heteroatoms.